The first-order chi connectivity index (χ1) is 7.54. The molecule has 1 aliphatic heterocycles. The van der Waals surface area contributed by atoms with E-state index in [1.807, 2.05) is 18.2 Å². The minimum Gasteiger partial charge on any atom is -0.487 e. The van der Waals surface area contributed by atoms with E-state index in [9.17, 15) is 0 Å². The Bertz CT molecular complexity index is 424. The molecule has 2 N–H and O–H groups in total. The zero-order valence-corrected chi connectivity index (χ0v) is 9.99. The maximum atomic E-state index is 6.27. The first kappa shape index (κ1) is 10.2. The molecule has 86 valence electrons. The lowest BCUT2D eigenvalue weighted by atomic mass is 9.78. The highest BCUT2D eigenvalue weighted by Crippen LogP contribution is 2.59. The van der Waals surface area contributed by atoms with Gasteiger partial charge < -0.3 is 10.5 Å². The molecule has 16 heavy (non-hydrogen) atoms. The van der Waals surface area contributed by atoms with Crippen LogP contribution in [0.15, 0.2) is 24.3 Å². The summed E-state index contributed by atoms with van der Waals surface area (Å²) in [5.74, 6) is 0.983. The minimum atomic E-state index is -0.0826. The van der Waals surface area contributed by atoms with Gasteiger partial charge in [0.2, 0.25) is 0 Å². The third-order valence-corrected chi connectivity index (χ3v) is 4.54. The van der Waals surface area contributed by atoms with E-state index in [-0.39, 0.29) is 11.6 Å². The maximum absolute atomic E-state index is 6.27. The molecule has 1 aliphatic carbocycles. The predicted molar refractivity (Wildman–Crippen MR) is 64.4 cm³/mol. The molecule has 2 aliphatic rings. The zero-order chi connectivity index (χ0) is 11.4. The monoisotopic (exact) mass is 217 g/mol. The number of fused-ring (bicyclic) bond motifs is 1. The van der Waals surface area contributed by atoms with Gasteiger partial charge in [0, 0.05) is 23.4 Å². The number of hydrogen-bond acceptors (Lipinski definition) is 2. The quantitative estimate of drug-likeness (QED) is 0.784. The highest BCUT2D eigenvalue weighted by molar-refractivity contribution is 5.39. The predicted octanol–water partition coefficient (Wildman–Crippen LogP) is 3.03. The van der Waals surface area contributed by atoms with Crippen LogP contribution in [0.3, 0.4) is 0 Å². The van der Waals surface area contributed by atoms with Crippen molar-refractivity contribution < 1.29 is 4.74 Å². The maximum Gasteiger partial charge on any atom is 0.124 e. The molecule has 2 nitrogen and oxygen atoms in total. The van der Waals surface area contributed by atoms with Crippen LogP contribution in [0, 0.1) is 5.41 Å². The summed E-state index contributed by atoms with van der Waals surface area (Å²) >= 11 is 0. The zero-order valence-electron chi connectivity index (χ0n) is 9.99. The van der Waals surface area contributed by atoms with Crippen molar-refractivity contribution in [2.75, 3.05) is 0 Å². The van der Waals surface area contributed by atoms with Crippen molar-refractivity contribution in [1.29, 1.82) is 0 Å². The van der Waals surface area contributed by atoms with Gasteiger partial charge in [-0.05, 0) is 25.8 Å². The lowest BCUT2D eigenvalue weighted by molar-refractivity contribution is -0.00892. The average molecular weight is 217 g/mol. The van der Waals surface area contributed by atoms with E-state index in [1.54, 1.807) is 0 Å². The average Bonchev–Trinajstić information content (AvgIpc) is 2.98. The van der Waals surface area contributed by atoms with Crippen molar-refractivity contribution in [3.05, 3.63) is 29.8 Å². The molecule has 2 atom stereocenters. The van der Waals surface area contributed by atoms with Gasteiger partial charge in [-0.2, -0.15) is 0 Å². The first-order valence-corrected chi connectivity index (χ1v) is 6.08. The van der Waals surface area contributed by atoms with Crippen LogP contribution in [-0.2, 0) is 0 Å². The van der Waals surface area contributed by atoms with Crippen molar-refractivity contribution in [3.63, 3.8) is 0 Å². The minimum absolute atomic E-state index is 0.0826. The molecule has 1 aromatic rings. The normalized spacial score (nSPS) is 35.1. The number of para-hydroxylation sites is 1. The van der Waals surface area contributed by atoms with E-state index < -0.39 is 0 Å². The fourth-order valence-corrected chi connectivity index (χ4v) is 2.78. The van der Waals surface area contributed by atoms with E-state index in [4.69, 9.17) is 10.5 Å². The Morgan fingerprint density at radius 1 is 1.25 bits per heavy atom. The van der Waals surface area contributed by atoms with Crippen LogP contribution in [0.2, 0.25) is 0 Å². The van der Waals surface area contributed by atoms with Gasteiger partial charge in [0.05, 0.1) is 0 Å². The second-order valence-corrected chi connectivity index (χ2v) is 5.74. The second-order valence-electron chi connectivity index (χ2n) is 5.74. The Balaban J connectivity index is 2.00. The molecule has 0 spiro atoms. The van der Waals surface area contributed by atoms with Gasteiger partial charge >= 0.3 is 0 Å². The van der Waals surface area contributed by atoms with E-state index in [1.165, 1.54) is 12.8 Å². The molecule has 1 fully saturated rings. The van der Waals surface area contributed by atoms with Crippen molar-refractivity contribution >= 4 is 0 Å². The van der Waals surface area contributed by atoms with E-state index >= 15 is 0 Å². The van der Waals surface area contributed by atoms with Gasteiger partial charge in [-0.15, -0.1) is 0 Å². The van der Waals surface area contributed by atoms with Crippen molar-refractivity contribution in [2.24, 2.45) is 11.1 Å². The largest absolute Gasteiger partial charge is 0.487 e. The van der Waals surface area contributed by atoms with Crippen molar-refractivity contribution in [2.45, 2.75) is 44.8 Å². The van der Waals surface area contributed by atoms with Gasteiger partial charge in [0.25, 0.3) is 0 Å². The van der Waals surface area contributed by atoms with Crippen LogP contribution in [0.1, 0.15) is 44.7 Å². The van der Waals surface area contributed by atoms with Crippen molar-refractivity contribution in [1.82, 2.24) is 0 Å². The highest BCUT2D eigenvalue weighted by Gasteiger charge is 2.56. The van der Waals surface area contributed by atoms with Crippen LogP contribution in [0.25, 0.3) is 0 Å². The van der Waals surface area contributed by atoms with Gasteiger partial charge in [0.1, 0.15) is 11.4 Å². The summed E-state index contributed by atoms with van der Waals surface area (Å²) in [5, 5.41) is 0. The van der Waals surface area contributed by atoms with E-state index in [0.717, 1.165) is 17.7 Å². The number of benzene rings is 1. The third kappa shape index (κ3) is 1.29. The van der Waals surface area contributed by atoms with Crippen LogP contribution in [0.5, 0.6) is 5.75 Å². The molecule has 0 saturated heterocycles. The topological polar surface area (TPSA) is 35.2 Å². The Morgan fingerprint density at radius 2 is 1.94 bits per heavy atom. The molecule has 1 aromatic carbocycles. The smallest absolute Gasteiger partial charge is 0.124 e. The fourth-order valence-electron chi connectivity index (χ4n) is 2.78. The van der Waals surface area contributed by atoms with Crippen LogP contribution in [-0.4, -0.2) is 5.60 Å². The van der Waals surface area contributed by atoms with Crippen LogP contribution in [0.4, 0.5) is 0 Å². The van der Waals surface area contributed by atoms with Crippen LogP contribution < -0.4 is 10.5 Å². The standard InChI is InChI=1S/C14H19NO/c1-13(7-8-13)14(2)9-11(15)10-5-3-4-6-12(10)16-14/h3-6,11H,7-9,15H2,1-2H3/t11-,14?/m1/s1. The molecule has 1 unspecified atom stereocenters. The molecular weight excluding hydrogens is 198 g/mol. The molecule has 2 heteroatoms. The molecule has 1 heterocycles. The highest BCUT2D eigenvalue weighted by atomic mass is 16.5. The third-order valence-electron chi connectivity index (χ3n) is 4.54. The Labute approximate surface area is 96.8 Å². The summed E-state index contributed by atoms with van der Waals surface area (Å²) in [5.41, 5.74) is 7.67. The first-order valence-electron chi connectivity index (χ1n) is 6.08. The van der Waals surface area contributed by atoms with Crippen molar-refractivity contribution in [3.8, 4) is 5.75 Å². The molecule has 0 bridgehead atoms. The summed E-state index contributed by atoms with van der Waals surface area (Å²) in [6.45, 7) is 4.53. The van der Waals surface area contributed by atoms with Gasteiger partial charge in [-0.25, -0.2) is 0 Å². The molecule has 1 saturated carbocycles. The van der Waals surface area contributed by atoms with Gasteiger partial charge in [-0.1, -0.05) is 25.1 Å². The Morgan fingerprint density at radius 3 is 2.62 bits per heavy atom. The fraction of sp³-hybridized carbons (Fsp3) is 0.571. The van der Waals surface area contributed by atoms with Gasteiger partial charge in [0.15, 0.2) is 0 Å². The number of ether oxygens (including phenoxy) is 1. The summed E-state index contributed by atoms with van der Waals surface area (Å²) in [6, 6.07) is 8.29. The van der Waals surface area contributed by atoms with Crippen LogP contribution >= 0.6 is 0 Å². The lowest BCUT2D eigenvalue weighted by Gasteiger charge is -2.43. The summed E-state index contributed by atoms with van der Waals surface area (Å²) < 4.78 is 6.24. The Hall–Kier alpha value is -1.02. The summed E-state index contributed by atoms with van der Waals surface area (Å²) in [6.07, 6.45) is 3.46. The molecule has 0 aromatic heterocycles. The van der Waals surface area contributed by atoms with E-state index in [0.29, 0.717) is 5.41 Å². The number of nitrogens with two attached hydrogens (primary N) is 1. The van der Waals surface area contributed by atoms with Gasteiger partial charge in [-0.3, -0.25) is 0 Å². The SMILES string of the molecule is CC1(C2(C)C[C@@H](N)c3ccccc3O2)CC1. The van der Waals surface area contributed by atoms with E-state index in [2.05, 4.69) is 19.9 Å². The second kappa shape index (κ2) is 3.01. The summed E-state index contributed by atoms with van der Waals surface area (Å²) in [4.78, 5) is 0. The molecule has 0 radical (unpaired) electrons. The molecule has 3 rings (SSSR count). The molecule has 0 amide bonds. The Kier molecular flexibility index (Phi) is 1.91. The molecular formula is C14H19NO. The lowest BCUT2D eigenvalue weighted by Crippen LogP contribution is -2.46. The summed E-state index contributed by atoms with van der Waals surface area (Å²) in [7, 11) is 0. The number of rotatable bonds is 1. The number of hydrogen-bond donors (Lipinski definition) is 1.